The van der Waals surface area contributed by atoms with Gasteiger partial charge in [0.05, 0.1) is 17.9 Å². The third-order valence-electron chi connectivity index (χ3n) is 1.82. The Kier molecular flexibility index (Phi) is 4.03. The van der Waals surface area contributed by atoms with Crippen LogP contribution in [0, 0.1) is 0 Å². The molecule has 0 radical (unpaired) electrons. The molecule has 1 rings (SSSR count). The second-order valence-corrected chi connectivity index (χ2v) is 3.68. The summed E-state index contributed by atoms with van der Waals surface area (Å²) in [5.74, 6) is -0.0726. The Hall–Kier alpha value is -0.940. The third kappa shape index (κ3) is 3.08. The second kappa shape index (κ2) is 5.07. The Bertz CT molecular complexity index is 312. The number of nitrogens with one attached hydrogen (secondary N) is 2. The maximum Gasteiger partial charge on any atom is 0.241 e. The van der Waals surface area contributed by atoms with E-state index in [1.54, 1.807) is 32.3 Å². The number of amides is 1. The van der Waals surface area contributed by atoms with Gasteiger partial charge in [-0.2, -0.15) is 0 Å². The van der Waals surface area contributed by atoms with Gasteiger partial charge in [0, 0.05) is 0 Å². The van der Waals surface area contributed by atoms with E-state index in [1.807, 2.05) is 0 Å². The van der Waals surface area contributed by atoms with Gasteiger partial charge < -0.3 is 10.6 Å². The highest BCUT2D eigenvalue weighted by atomic mass is 79.9. The number of aromatic nitrogens is 1. The highest BCUT2D eigenvalue weighted by Crippen LogP contribution is 2.10. The maximum atomic E-state index is 11.4. The molecular weight excluding hydrogens is 246 g/mol. The predicted molar refractivity (Wildman–Crippen MR) is 59.1 cm³/mol. The minimum Gasteiger partial charge on any atom is -0.323 e. The van der Waals surface area contributed by atoms with Crippen molar-refractivity contribution < 1.29 is 4.79 Å². The highest BCUT2D eigenvalue weighted by molar-refractivity contribution is 9.10. The minimum absolute atomic E-state index is 0.0726. The van der Waals surface area contributed by atoms with Crippen LogP contribution in [0.5, 0.6) is 0 Å². The summed E-state index contributed by atoms with van der Waals surface area (Å²) in [5, 5.41) is 5.59. The summed E-state index contributed by atoms with van der Waals surface area (Å²) >= 11 is 3.22. The van der Waals surface area contributed by atoms with Crippen LogP contribution in [0.1, 0.15) is 6.92 Å². The quantitative estimate of drug-likeness (QED) is 0.805. The first-order chi connectivity index (χ1) is 6.63. The zero-order valence-electron chi connectivity index (χ0n) is 8.04. The molecule has 1 unspecified atom stereocenters. The van der Waals surface area contributed by atoms with Gasteiger partial charge in [0.2, 0.25) is 5.91 Å². The van der Waals surface area contributed by atoms with Crippen LogP contribution in [0.2, 0.25) is 0 Å². The van der Waals surface area contributed by atoms with E-state index in [4.69, 9.17) is 0 Å². The summed E-state index contributed by atoms with van der Waals surface area (Å²) in [6, 6.07) is 3.36. The standard InChI is InChI=1S/C9H12BrN3O/c1-6(11-2)9(14)13-7-3-4-8(10)12-5-7/h3-6,11H,1-2H3,(H,13,14). The summed E-state index contributed by atoms with van der Waals surface area (Å²) in [4.78, 5) is 15.4. The van der Waals surface area contributed by atoms with Crippen molar-refractivity contribution in [3.05, 3.63) is 22.9 Å². The molecule has 0 saturated heterocycles. The number of likely N-dealkylation sites (N-methyl/N-ethyl adjacent to an activating group) is 1. The summed E-state index contributed by atoms with van der Waals surface area (Å²) < 4.78 is 0.747. The van der Waals surface area contributed by atoms with Gasteiger partial charge in [0.15, 0.2) is 0 Å². The van der Waals surface area contributed by atoms with Crippen LogP contribution in [-0.4, -0.2) is 24.0 Å². The van der Waals surface area contributed by atoms with Crippen LogP contribution in [-0.2, 0) is 4.79 Å². The molecule has 1 aromatic rings. The number of carbonyl (C=O) groups excluding carboxylic acids is 1. The van der Waals surface area contributed by atoms with Crippen molar-refractivity contribution in [1.29, 1.82) is 0 Å². The summed E-state index contributed by atoms with van der Waals surface area (Å²) in [6.07, 6.45) is 1.60. The predicted octanol–water partition coefficient (Wildman–Crippen LogP) is 1.39. The highest BCUT2D eigenvalue weighted by Gasteiger charge is 2.09. The van der Waals surface area contributed by atoms with Crippen molar-refractivity contribution in [2.24, 2.45) is 0 Å². The lowest BCUT2D eigenvalue weighted by Gasteiger charge is -2.10. The summed E-state index contributed by atoms with van der Waals surface area (Å²) in [5.41, 5.74) is 0.695. The normalized spacial score (nSPS) is 12.2. The van der Waals surface area contributed by atoms with Crippen molar-refractivity contribution in [2.45, 2.75) is 13.0 Å². The van der Waals surface area contributed by atoms with Crippen molar-refractivity contribution >= 4 is 27.5 Å². The van der Waals surface area contributed by atoms with Gasteiger partial charge in [-0.3, -0.25) is 4.79 Å². The minimum atomic E-state index is -0.210. The average molecular weight is 258 g/mol. The molecule has 0 fully saturated rings. The lowest BCUT2D eigenvalue weighted by Crippen LogP contribution is -2.35. The number of halogens is 1. The Morgan fingerprint density at radius 1 is 1.57 bits per heavy atom. The van der Waals surface area contributed by atoms with Gasteiger partial charge in [-0.25, -0.2) is 4.98 Å². The lowest BCUT2D eigenvalue weighted by atomic mass is 10.3. The summed E-state index contributed by atoms with van der Waals surface area (Å²) in [7, 11) is 1.74. The number of pyridine rings is 1. The van der Waals surface area contributed by atoms with Gasteiger partial charge in [-0.15, -0.1) is 0 Å². The molecule has 0 aliphatic heterocycles. The van der Waals surface area contributed by atoms with Crippen molar-refractivity contribution in [3.63, 3.8) is 0 Å². The van der Waals surface area contributed by atoms with Crippen LogP contribution in [0.25, 0.3) is 0 Å². The molecule has 76 valence electrons. The zero-order valence-corrected chi connectivity index (χ0v) is 9.63. The van der Waals surface area contributed by atoms with Crippen LogP contribution in [0.3, 0.4) is 0 Å². The monoisotopic (exact) mass is 257 g/mol. The molecule has 0 bridgehead atoms. The Balaban J connectivity index is 2.60. The number of nitrogens with zero attached hydrogens (tertiary/aromatic N) is 1. The molecule has 0 aliphatic carbocycles. The van der Waals surface area contributed by atoms with Crippen molar-refractivity contribution in [2.75, 3.05) is 12.4 Å². The van der Waals surface area contributed by atoms with Gasteiger partial charge >= 0.3 is 0 Å². The van der Waals surface area contributed by atoms with Gasteiger partial charge in [-0.1, -0.05) is 0 Å². The molecule has 0 aromatic carbocycles. The Morgan fingerprint density at radius 2 is 2.29 bits per heavy atom. The largest absolute Gasteiger partial charge is 0.323 e. The Morgan fingerprint density at radius 3 is 2.79 bits per heavy atom. The van der Waals surface area contributed by atoms with Crippen molar-refractivity contribution in [1.82, 2.24) is 10.3 Å². The molecule has 0 saturated carbocycles. The van der Waals surface area contributed by atoms with E-state index in [0.29, 0.717) is 5.69 Å². The van der Waals surface area contributed by atoms with Crippen molar-refractivity contribution in [3.8, 4) is 0 Å². The molecule has 14 heavy (non-hydrogen) atoms. The van der Waals surface area contributed by atoms with E-state index in [9.17, 15) is 4.79 Å². The van der Waals surface area contributed by atoms with E-state index >= 15 is 0 Å². The zero-order chi connectivity index (χ0) is 10.6. The van der Waals surface area contributed by atoms with E-state index in [-0.39, 0.29) is 11.9 Å². The lowest BCUT2D eigenvalue weighted by molar-refractivity contribution is -0.117. The van der Waals surface area contributed by atoms with E-state index in [1.165, 1.54) is 0 Å². The molecule has 2 N–H and O–H groups in total. The number of hydrogen-bond acceptors (Lipinski definition) is 3. The van der Waals surface area contributed by atoms with Crippen LogP contribution in [0.15, 0.2) is 22.9 Å². The first-order valence-electron chi connectivity index (χ1n) is 4.23. The topological polar surface area (TPSA) is 54.0 Å². The molecule has 1 aromatic heterocycles. The third-order valence-corrected chi connectivity index (χ3v) is 2.29. The SMILES string of the molecule is CNC(C)C(=O)Nc1ccc(Br)nc1. The van der Waals surface area contributed by atoms with Gasteiger partial charge in [-0.05, 0) is 42.0 Å². The van der Waals surface area contributed by atoms with E-state index in [0.717, 1.165) is 4.60 Å². The number of anilines is 1. The fraction of sp³-hybridized carbons (Fsp3) is 0.333. The Labute approximate surface area is 91.2 Å². The van der Waals surface area contributed by atoms with Crippen LogP contribution in [0.4, 0.5) is 5.69 Å². The fourth-order valence-corrected chi connectivity index (χ4v) is 1.07. The number of carbonyl (C=O) groups is 1. The molecule has 1 heterocycles. The first kappa shape index (κ1) is 11.1. The maximum absolute atomic E-state index is 11.4. The second-order valence-electron chi connectivity index (χ2n) is 2.87. The smallest absolute Gasteiger partial charge is 0.241 e. The molecule has 0 spiro atoms. The summed E-state index contributed by atoms with van der Waals surface area (Å²) in [6.45, 7) is 1.79. The van der Waals surface area contributed by atoms with Crippen LogP contribution >= 0.6 is 15.9 Å². The van der Waals surface area contributed by atoms with E-state index in [2.05, 4.69) is 31.5 Å². The molecule has 4 nitrogen and oxygen atoms in total. The first-order valence-corrected chi connectivity index (χ1v) is 5.02. The number of rotatable bonds is 3. The van der Waals surface area contributed by atoms with Gasteiger partial charge in [0.1, 0.15) is 4.60 Å². The average Bonchev–Trinajstić information content (AvgIpc) is 2.20. The van der Waals surface area contributed by atoms with E-state index < -0.39 is 0 Å². The molecule has 0 aliphatic rings. The van der Waals surface area contributed by atoms with Gasteiger partial charge in [0.25, 0.3) is 0 Å². The molecule has 1 amide bonds. The molecular formula is C9H12BrN3O. The fourth-order valence-electron chi connectivity index (χ4n) is 0.831. The van der Waals surface area contributed by atoms with Crippen LogP contribution < -0.4 is 10.6 Å². The molecule has 5 heteroatoms. The number of hydrogen-bond donors (Lipinski definition) is 2. The molecule has 1 atom stereocenters.